The van der Waals surface area contributed by atoms with Gasteiger partial charge in [0.15, 0.2) is 24.0 Å². The first kappa shape index (κ1) is 64.8. The molecule has 2 aliphatic heterocycles. The summed E-state index contributed by atoms with van der Waals surface area (Å²) in [6.07, 6.45) is 6.48. The second kappa shape index (κ2) is 30.1. The summed E-state index contributed by atoms with van der Waals surface area (Å²) >= 11 is 5.27. The predicted molar refractivity (Wildman–Crippen MR) is 324 cm³/mol. The van der Waals surface area contributed by atoms with Crippen LogP contribution in [0.15, 0.2) is 85.2 Å². The molecule has 2 fully saturated rings. The van der Waals surface area contributed by atoms with E-state index in [1.807, 2.05) is 45.6 Å². The minimum absolute atomic E-state index is 0. The van der Waals surface area contributed by atoms with Gasteiger partial charge in [0.1, 0.15) is 11.4 Å². The van der Waals surface area contributed by atoms with Gasteiger partial charge in [0.2, 0.25) is 20.0 Å². The molecule has 6 heterocycles. The number of alkyl halides is 1. The minimum Gasteiger partial charge on any atom is -0.380 e. The van der Waals surface area contributed by atoms with E-state index in [1.54, 1.807) is 67.8 Å². The van der Waals surface area contributed by atoms with Crippen molar-refractivity contribution in [1.29, 1.82) is 0 Å². The summed E-state index contributed by atoms with van der Waals surface area (Å²) in [4.78, 5) is 47.2. The molecule has 2 amide bonds. The smallest absolute Gasteiger partial charge is 0.380 e. The summed E-state index contributed by atoms with van der Waals surface area (Å²) in [5.41, 5.74) is 5.34. The number of aromatic nitrogens is 4. The van der Waals surface area contributed by atoms with Gasteiger partial charge in [-0.3, -0.25) is 19.0 Å². The number of aromatic amines is 1. The topological polar surface area (TPSA) is 263 Å². The maximum Gasteiger partial charge on any atom is 0.509 e. The number of fused-ring (bicyclic) bond motifs is 2. The first-order valence-corrected chi connectivity index (χ1v) is 33.0. The summed E-state index contributed by atoms with van der Waals surface area (Å²) in [5.74, 6) is 1.99. The van der Waals surface area contributed by atoms with Crippen LogP contribution in [0.3, 0.4) is 0 Å². The van der Waals surface area contributed by atoms with Crippen molar-refractivity contribution in [2.75, 3.05) is 126 Å². The number of hydrogen-bond donors (Lipinski definition) is 5. The number of carbonyl (C=O) groups excluding carboxylic acids is 2. The Morgan fingerprint density at radius 3 is 1.61 bits per heavy atom. The Morgan fingerprint density at radius 1 is 0.662 bits per heavy atom. The number of H-pyrrole nitrogens is 1. The lowest BCUT2D eigenvalue weighted by molar-refractivity contribution is 0.0731. The van der Waals surface area contributed by atoms with Crippen LogP contribution in [0.4, 0.5) is 34.4 Å². The highest BCUT2D eigenvalue weighted by Crippen LogP contribution is 2.31. The third-order valence-electron chi connectivity index (χ3n) is 12.1. The van der Waals surface area contributed by atoms with Crippen molar-refractivity contribution in [2.45, 2.75) is 60.2 Å². The Labute approximate surface area is 478 Å². The molecule has 3 radical (unpaired) electrons. The highest BCUT2D eigenvalue weighted by atomic mass is 35.5. The van der Waals surface area contributed by atoms with E-state index in [0.29, 0.717) is 113 Å². The van der Waals surface area contributed by atoms with E-state index in [0.717, 1.165) is 57.3 Å². The standard InChI is InChI=1S/C26H36N6O5PS.C22H28N6O3S.C4H9ClO2P.B/c1-5-37-38(34)16-15-32-23-9-8-21(29-39(4,35)36)17-20(23)18-24(32)26(33)31-13-11-30(12-14-31)25-22(28-19(2)3)7-6-10-27-25;1-15(2)24-19-5-4-8-23-21(19)27-9-11-28(12-10-27)22(29)20-14-16-13-17(26-32(3,30)31)6-7-18(16)25-20;1-2-7-8(6)4-3-5;/h6-10,17-19,28-29H,5,11-16H2,1-4H3;4-8,13-15,24-26H,9-12H2,1-3H3;2-4H2,1H3;/q+1;;+1;. The van der Waals surface area contributed by atoms with Crippen molar-refractivity contribution >= 4 is 124 Å². The van der Waals surface area contributed by atoms with Crippen molar-refractivity contribution in [3.8, 4) is 0 Å². The first-order valence-electron chi connectivity index (χ1n) is 26.0. The van der Waals surface area contributed by atoms with E-state index in [-0.39, 0.29) is 32.4 Å². The number of nitrogens with one attached hydrogen (secondary N) is 5. The van der Waals surface area contributed by atoms with E-state index in [9.17, 15) is 35.6 Å². The molecule has 28 heteroatoms. The van der Waals surface area contributed by atoms with Crippen LogP contribution in [0.5, 0.6) is 0 Å². The van der Waals surface area contributed by atoms with Gasteiger partial charge in [-0.25, -0.2) is 26.8 Å². The van der Waals surface area contributed by atoms with Crippen LogP contribution in [0, 0.1) is 0 Å². The third kappa shape index (κ3) is 19.0. The molecular formula is C52H73BClN12O10P2S2+2. The van der Waals surface area contributed by atoms with Crippen molar-refractivity contribution in [3.05, 3.63) is 96.6 Å². The lowest BCUT2D eigenvalue weighted by Gasteiger charge is -2.36. The van der Waals surface area contributed by atoms with Gasteiger partial charge in [-0.15, -0.1) is 20.6 Å². The number of hydrogen-bond acceptors (Lipinski definition) is 16. The van der Waals surface area contributed by atoms with Crippen LogP contribution < -0.4 is 29.9 Å². The largest absolute Gasteiger partial charge is 0.509 e. The quantitative estimate of drug-likeness (QED) is 0.0258. The predicted octanol–water partition coefficient (Wildman–Crippen LogP) is 8.31. The van der Waals surface area contributed by atoms with Crippen molar-refractivity contribution in [3.63, 3.8) is 0 Å². The fraction of sp³-hybridized carbons (Fsp3) is 0.462. The number of halogens is 1. The molecule has 2 aliphatic rings. The Hall–Kier alpha value is -6.07. The number of rotatable bonds is 21. The van der Waals surface area contributed by atoms with Gasteiger partial charge in [0.25, 0.3) is 11.8 Å². The molecule has 6 aromatic rings. The summed E-state index contributed by atoms with van der Waals surface area (Å²) in [7, 11) is -10.1. The van der Waals surface area contributed by atoms with Gasteiger partial charge < -0.3 is 39.8 Å². The van der Waals surface area contributed by atoms with E-state index in [4.69, 9.17) is 20.6 Å². The fourth-order valence-electron chi connectivity index (χ4n) is 8.88. The van der Waals surface area contributed by atoms with Crippen LogP contribution in [-0.4, -0.2) is 175 Å². The number of piperazine rings is 2. The average Bonchev–Trinajstić information content (AvgIpc) is 4.12. The first-order chi connectivity index (χ1) is 37.6. The normalized spacial score (nSPS) is 14.2. The molecule has 5 N–H and O–H groups in total. The summed E-state index contributed by atoms with van der Waals surface area (Å²) in [5, 5.41) is 8.36. The van der Waals surface area contributed by atoms with E-state index in [2.05, 4.69) is 72.5 Å². The zero-order chi connectivity index (χ0) is 57.4. The Bertz CT molecular complexity index is 3290. The van der Waals surface area contributed by atoms with Gasteiger partial charge in [-0.2, -0.15) is 0 Å². The van der Waals surface area contributed by atoms with Crippen LogP contribution in [0.2, 0.25) is 0 Å². The monoisotopic (exact) mass is 1200 g/mol. The summed E-state index contributed by atoms with van der Waals surface area (Å²) in [6, 6.07) is 22.3. The molecule has 8 rings (SSSR count). The molecule has 2 saturated heterocycles. The Kier molecular flexibility index (Phi) is 24.4. The average molecular weight is 1200 g/mol. The number of aryl methyl sites for hydroxylation is 1. The fourth-order valence-corrected chi connectivity index (χ4v) is 11.7. The molecular weight excluding hydrogens is 1120 g/mol. The maximum absolute atomic E-state index is 13.8. The number of benzene rings is 2. The number of amides is 2. The molecule has 22 nitrogen and oxygen atoms in total. The van der Waals surface area contributed by atoms with Crippen LogP contribution in [0.1, 0.15) is 62.5 Å². The second-order valence-electron chi connectivity index (χ2n) is 19.2. The van der Waals surface area contributed by atoms with Crippen molar-refractivity contribution < 1.29 is 44.6 Å². The van der Waals surface area contributed by atoms with Gasteiger partial charge in [0.05, 0.1) is 49.5 Å². The Balaban J connectivity index is 0.000000259. The van der Waals surface area contributed by atoms with Crippen LogP contribution in [0.25, 0.3) is 21.8 Å². The lowest BCUT2D eigenvalue weighted by atomic mass is 10.2. The highest BCUT2D eigenvalue weighted by molar-refractivity contribution is 7.92. The summed E-state index contributed by atoms with van der Waals surface area (Å²) in [6.45, 7) is 18.0. The lowest BCUT2D eigenvalue weighted by Crippen LogP contribution is -2.49. The van der Waals surface area contributed by atoms with Crippen LogP contribution in [-0.2, 0) is 44.8 Å². The number of pyridine rings is 2. The minimum atomic E-state index is -3.45. The number of carbonyl (C=O) groups is 2. The molecule has 4 aromatic heterocycles. The molecule has 431 valence electrons. The maximum atomic E-state index is 13.8. The second-order valence-corrected chi connectivity index (χ2v) is 25.8. The highest BCUT2D eigenvalue weighted by Gasteiger charge is 2.29. The van der Waals surface area contributed by atoms with Crippen molar-refractivity contribution in [1.82, 2.24) is 29.3 Å². The zero-order valence-corrected chi connectivity index (χ0v) is 50.7. The molecule has 0 saturated carbocycles. The molecule has 2 aromatic carbocycles. The number of sulfonamides is 2. The van der Waals surface area contributed by atoms with Gasteiger partial charge in [-0.05, 0) is 123 Å². The molecule has 0 spiro atoms. The summed E-state index contributed by atoms with van der Waals surface area (Å²) < 4.78 is 85.9. The van der Waals surface area contributed by atoms with E-state index < -0.39 is 36.1 Å². The molecule has 2 unspecified atom stereocenters. The third-order valence-corrected chi connectivity index (χ3v) is 16.0. The van der Waals surface area contributed by atoms with Gasteiger partial charge in [0, 0.05) is 118 Å². The van der Waals surface area contributed by atoms with Gasteiger partial charge in [-0.1, -0.05) is 0 Å². The van der Waals surface area contributed by atoms with E-state index in [1.165, 1.54) is 0 Å². The molecule has 2 atom stereocenters. The van der Waals surface area contributed by atoms with Crippen molar-refractivity contribution in [2.24, 2.45) is 0 Å². The zero-order valence-electron chi connectivity index (χ0n) is 46.5. The molecule has 80 heavy (non-hydrogen) atoms. The van der Waals surface area contributed by atoms with Crippen LogP contribution >= 0.6 is 27.7 Å². The Morgan fingerprint density at radius 2 is 1.14 bits per heavy atom. The number of nitrogens with zero attached hydrogens (tertiary/aromatic N) is 7. The van der Waals surface area contributed by atoms with Gasteiger partial charge >= 0.3 is 16.1 Å². The number of anilines is 6. The molecule has 0 aliphatic carbocycles. The SMILES string of the molecule is CC(C)Nc1cccnc1N1CCN(C(=O)c2cc3cc(NS(C)(=O)=O)ccc3[nH]2)CC1.CCO[P+](=O)CCCl.CCO[P+](=O)CCn1c(C(=O)N2CCN(c3ncccc3NC(C)C)CC2)cc2cc(NS(C)(=O)=O)ccc21.[B]. The van der Waals surface area contributed by atoms with E-state index >= 15 is 0 Å². The molecule has 0 bridgehead atoms.